The summed E-state index contributed by atoms with van der Waals surface area (Å²) in [4.78, 5) is 12.2. The van der Waals surface area contributed by atoms with Gasteiger partial charge in [-0.05, 0) is 12.1 Å². The average Bonchev–Trinajstić information content (AvgIpc) is 2.55. The van der Waals surface area contributed by atoms with E-state index in [2.05, 4.69) is 13.8 Å². The third-order valence-corrected chi connectivity index (χ3v) is 2.96. The highest BCUT2D eigenvalue weighted by Gasteiger charge is 2.26. The molecule has 0 fully saturated rings. The molecule has 1 atom stereocenters. The smallest absolute Gasteiger partial charge is 0.156 e. The van der Waals surface area contributed by atoms with Crippen molar-refractivity contribution in [2.24, 2.45) is 5.92 Å². The van der Waals surface area contributed by atoms with E-state index >= 15 is 0 Å². The van der Waals surface area contributed by atoms with E-state index in [4.69, 9.17) is 11.6 Å². The highest BCUT2D eigenvalue weighted by Crippen LogP contribution is 2.27. The van der Waals surface area contributed by atoms with Gasteiger partial charge < -0.3 is 12.4 Å². The minimum atomic E-state index is 0. The molecule has 1 aliphatic rings. The van der Waals surface area contributed by atoms with Crippen LogP contribution in [-0.2, 0) is 4.79 Å². The summed E-state index contributed by atoms with van der Waals surface area (Å²) in [6.07, 6.45) is 2.89. The van der Waals surface area contributed by atoms with Gasteiger partial charge in [0.15, 0.2) is 6.29 Å². The van der Waals surface area contributed by atoms with Crippen LogP contribution < -0.4 is 17.3 Å². The predicted octanol–water partition coefficient (Wildman–Crippen LogP) is -0.930. The van der Waals surface area contributed by atoms with Crippen LogP contribution in [0.4, 0.5) is 5.69 Å². The Bertz CT molecular complexity index is 455. The summed E-state index contributed by atoms with van der Waals surface area (Å²) in [6, 6.07) is 5.75. The number of hydrogen-bond acceptors (Lipinski definition) is 1. The number of rotatable bonds is 3. The number of carbonyl (C=O) groups excluding carboxylic acids is 1. The number of benzene rings is 1. The van der Waals surface area contributed by atoms with Crippen LogP contribution in [0.1, 0.15) is 19.4 Å². The molecule has 4 heteroatoms. The molecule has 0 aromatic heterocycles. The van der Waals surface area contributed by atoms with Crippen molar-refractivity contribution in [1.82, 2.24) is 0 Å². The first kappa shape index (κ1) is 14.2. The van der Waals surface area contributed by atoms with E-state index < -0.39 is 0 Å². The Balaban J connectivity index is 0.00000144. The molecule has 0 spiro atoms. The van der Waals surface area contributed by atoms with Gasteiger partial charge in [0, 0.05) is 17.0 Å². The topological polar surface area (TPSA) is 21.5 Å². The zero-order valence-corrected chi connectivity index (χ0v) is 11.3. The first-order chi connectivity index (χ1) is 7.61. The molecule has 1 aromatic carbocycles. The second kappa shape index (κ2) is 5.67. The van der Waals surface area contributed by atoms with Gasteiger partial charge in [-0.2, -0.15) is 0 Å². The predicted molar refractivity (Wildman–Crippen MR) is 65.8 cm³/mol. The van der Waals surface area contributed by atoms with Gasteiger partial charge in [0.1, 0.15) is 11.9 Å². The van der Waals surface area contributed by atoms with Crippen molar-refractivity contribution >= 4 is 29.1 Å². The molecule has 1 aromatic rings. The fourth-order valence-corrected chi connectivity index (χ4v) is 2.26. The Labute approximate surface area is 113 Å². The monoisotopic (exact) mass is 271 g/mol. The van der Waals surface area contributed by atoms with Gasteiger partial charge in [-0.1, -0.05) is 25.4 Å². The summed E-state index contributed by atoms with van der Waals surface area (Å²) in [7, 11) is 0. The van der Waals surface area contributed by atoms with Crippen LogP contribution in [0, 0.1) is 5.92 Å². The standard InChI is InChI=1S/C13H14ClNO.ClH/c1-9(2)6-15-7-10(8-16)12-5-11(14)3-4-13(12)15;/h3-5,7-9H,6H2,1-2H3;1H. The van der Waals surface area contributed by atoms with Gasteiger partial charge in [0.05, 0.1) is 17.7 Å². The highest BCUT2D eigenvalue weighted by molar-refractivity contribution is 6.31. The SMILES string of the molecule is CC(C)C[NH+]1C=C(C=O)c2cc(Cl)ccc21.[Cl-]. The Morgan fingerprint density at radius 3 is 2.71 bits per heavy atom. The van der Waals surface area contributed by atoms with Crippen LogP contribution in [0.5, 0.6) is 0 Å². The molecule has 0 saturated carbocycles. The average molecular weight is 272 g/mol. The van der Waals surface area contributed by atoms with Gasteiger partial charge in [-0.15, -0.1) is 0 Å². The third-order valence-electron chi connectivity index (χ3n) is 2.72. The lowest BCUT2D eigenvalue weighted by molar-refractivity contribution is -0.776. The Morgan fingerprint density at radius 2 is 2.12 bits per heavy atom. The van der Waals surface area contributed by atoms with Crippen LogP contribution in [0.15, 0.2) is 24.4 Å². The molecule has 0 aliphatic carbocycles. The van der Waals surface area contributed by atoms with E-state index in [1.165, 1.54) is 4.90 Å². The highest BCUT2D eigenvalue weighted by atomic mass is 35.5. The molecule has 1 heterocycles. The fourth-order valence-electron chi connectivity index (χ4n) is 2.08. The second-order valence-electron chi connectivity index (χ2n) is 4.53. The van der Waals surface area contributed by atoms with Gasteiger partial charge >= 0.3 is 0 Å². The number of carbonyl (C=O) groups is 1. The zero-order valence-electron chi connectivity index (χ0n) is 9.84. The number of halogens is 2. The number of allylic oxidation sites excluding steroid dienone is 1. The molecule has 1 aliphatic heterocycles. The van der Waals surface area contributed by atoms with Crippen LogP contribution in [0.2, 0.25) is 5.02 Å². The summed E-state index contributed by atoms with van der Waals surface area (Å²) in [5, 5.41) is 0.678. The maximum absolute atomic E-state index is 11.0. The van der Waals surface area contributed by atoms with E-state index in [0.717, 1.165) is 29.7 Å². The number of nitrogens with one attached hydrogen (secondary N) is 1. The number of quaternary nitrogens is 1. The molecular weight excluding hydrogens is 257 g/mol. The van der Waals surface area contributed by atoms with Crippen molar-refractivity contribution in [2.45, 2.75) is 13.8 Å². The summed E-state index contributed by atoms with van der Waals surface area (Å²) in [6.45, 7) is 5.34. The summed E-state index contributed by atoms with van der Waals surface area (Å²) < 4.78 is 0. The molecule has 1 N–H and O–H groups in total. The van der Waals surface area contributed by atoms with Crippen LogP contribution in [0.25, 0.3) is 5.57 Å². The lowest BCUT2D eigenvalue weighted by Crippen LogP contribution is -3.02. The molecule has 1 unspecified atom stereocenters. The molecule has 92 valence electrons. The van der Waals surface area contributed by atoms with Crippen molar-refractivity contribution in [3.05, 3.63) is 35.0 Å². The van der Waals surface area contributed by atoms with Crippen LogP contribution >= 0.6 is 11.6 Å². The first-order valence-corrected chi connectivity index (χ1v) is 5.82. The van der Waals surface area contributed by atoms with E-state index in [-0.39, 0.29) is 12.4 Å². The van der Waals surface area contributed by atoms with Gasteiger partial charge in [0.25, 0.3) is 0 Å². The van der Waals surface area contributed by atoms with Gasteiger partial charge in [-0.3, -0.25) is 9.69 Å². The largest absolute Gasteiger partial charge is 1.00 e. The van der Waals surface area contributed by atoms with Crippen molar-refractivity contribution in [3.8, 4) is 0 Å². The Kier molecular flexibility index (Phi) is 4.75. The van der Waals surface area contributed by atoms with Gasteiger partial charge in [0.2, 0.25) is 0 Å². The maximum Gasteiger partial charge on any atom is 0.156 e. The molecule has 2 rings (SSSR count). The molecule has 0 radical (unpaired) electrons. The number of hydrogen-bond donors (Lipinski definition) is 1. The van der Waals surface area contributed by atoms with Crippen molar-refractivity contribution in [1.29, 1.82) is 0 Å². The molecule has 0 bridgehead atoms. The lowest BCUT2D eigenvalue weighted by atomic mass is 10.1. The lowest BCUT2D eigenvalue weighted by Gasteiger charge is -2.13. The normalized spacial score (nSPS) is 17.4. The van der Waals surface area contributed by atoms with Gasteiger partial charge in [-0.25, -0.2) is 0 Å². The zero-order chi connectivity index (χ0) is 11.7. The summed E-state index contributed by atoms with van der Waals surface area (Å²) >= 11 is 5.95. The van der Waals surface area contributed by atoms with Crippen LogP contribution in [-0.4, -0.2) is 12.8 Å². The quantitative estimate of drug-likeness (QED) is 0.705. The van der Waals surface area contributed by atoms with E-state index in [1.54, 1.807) is 0 Å². The van der Waals surface area contributed by atoms with E-state index in [1.807, 2.05) is 24.4 Å². The minimum absolute atomic E-state index is 0. The van der Waals surface area contributed by atoms with Crippen molar-refractivity contribution < 1.29 is 22.1 Å². The summed E-state index contributed by atoms with van der Waals surface area (Å²) in [5.41, 5.74) is 2.87. The number of aldehydes is 1. The molecule has 2 nitrogen and oxygen atoms in total. The second-order valence-corrected chi connectivity index (χ2v) is 4.97. The van der Waals surface area contributed by atoms with Crippen LogP contribution in [0.3, 0.4) is 0 Å². The minimum Gasteiger partial charge on any atom is -1.00 e. The fraction of sp³-hybridized carbons (Fsp3) is 0.308. The van der Waals surface area contributed by atoms with Crippen molar-refractivity contribution in [2.75, 3.05) is 6.54 Å². The van der Waals surface area contributed by atoms with E-state index in [0.29, 0.717) is 10.9 Å². The third kappa shape index (κ3) is 2.89. The molecule has 17 heavy (non-hydrogen) atoms. The molecule has 0 saturated heterocycles. The first-order valence-electron chi connectivity index (χ1n) is 5.45. The van der Waals surface area contributed by atoms with Crippen molar-refractivity contribution in [3.63, 3.8) is 0 Å². The van der Waals surface area contributed by atoms with E-state index in [9.17, 15) is 4.79 Å². The Morgan fingerprint density at radius 1 is 1.41 bits per heavy atom. The molecular formula is C13H15Cl2NO. The number of fused-ring (bicyclic) bond motifs is 1. The summed E-state index contributed by atoms with van der Waals surface area (Å²) in [5.74, 6) is 0.584. The Hall–Kier alpha value is -0.830. The molecule has 0 amide bonds. The maximum atomic E-state index is 11.0.